The Hall–Kier alpha value is -3.62. The van der Waals surface area contributed by atoms with Crippen LogP contribution < -0.4 is 10.6 Å². The summed E-state index contributed by atoms with van der Waals surface area (Å²) in [6.07, 6.45) is -2.85. The topological polar surface area (TPSA) is 252 Å². The predicted molar refractivity (Wildman–Crippen MR) is 146 cm³/mol. The number of phenolic OH excluding ortho intramolecular Hbond substituents is 4. The number of carboxylic acids is 2. The van der Waals surface area contributed by atoms with Crippen molar-refractivity contribution in [2.24, 2.45) is 0 Å². The molecule has 224 valence electrons. The average molecular weight is 575 g/mol. The first-order valence-corrected chi connectivity index (χ1v) is 10.3. The van der Waals surface area contributed by atoms with Crippen LogP contribution in [0.4, 0.5) is 0 Å². The van der Waals surface area contributed by atoms with E-state index in [4.69, 9.17) is 39.0 Å². The van der Waals surface area contributed by atoms with E-state index in [0.717, 1.165) is 50.2 Å². The molecule has 2 rings (SSSR count). The molecule has 0 aliphatic carbocycles. The molecule has 12 N–H and O–H groups in total. The molecule has 0 saturated heterocycles. The first-order chi connectivity index (χ1) is 23.0. The van der Waals surface area contributed by atoms with Crippen LogP contribution in [0.1, 0.15) is 83.8 Å². The molecule has 0 radical (unpaired) electrons. The van der Waals surface area contributed by atoms with E-state index in [1.165, 1.54) is 0 Å². The van der Waals surface area contributed by atoms with Gasteiger partial charge < -0.3 is 57.0 Å². The lowest BCUT2D eigenvalue weighted by Gasteiger charge is -2.14. The van der Waals surface area contributed by atoms with E-state index < -0.39 is 76.7 Å². The predicted octanol–water partition coefficient (Wildman–Crippen LogP) is 1.62. The minimum absolute atomic E-state index is 0. The third-order valence-corrected chi connectivity index (χ3v) is 3.56. The quantitative estimate of drug-likeness (QED) is 0.216. The molecule has 0 fully saturated rings. The van der Waals surface area contributed by atoms with Crippen LogP contribution in [-0.2, 0) is 9.59 Å². The van der Waals surface area contributed by atoms with E-state index in [9.17, 15) is 30.6 Å². The van der Waals surface area contributed by atoms with Gasteiger partial charge in [-0.15, -0.1) is 0 Å². The molecule has 0 aliphatic heterocycles. The second-order valence-corrected chi connectivity index (χ2v) is 7.15. The lowest BCUT2D eigenvalue weighted by Crippen LogP contribution is -2.27. The lowest BCUT2D eigenvalue weighted by molar-refractivity contribution is -0.135. The molecule has 2 unspecified atom stereocenters. The molecule has 13 nitrogen and oxygen atoms in total. The highest BCUT2D eigenvalue weighted by Gasteiger charge is 2.11. The van der Waals surface area contributed by atoms with Gasteiger partial charge in [-0.1, -0.05) is 27.4 Å². The summed E-state index contributed by atoms with van der Waals surface area (Å²) in [7, 11) is 0. The molecular formula is C26H44N2O11. The summed E-state index contributed by atoms with van der Waals surface area (Å²) in [5.41, 5.74) is 0.0897. The van der Waals surface area contributed by atoms with E-state index in [2.05, 4.69) is 0 Å². The van der Waals surface area contributed by atoms with Crippen molar-refractivity contribution in [3.8, 4) is 23.0 Å². The van der Waals surface area contributed by atoms with Crippen LogP contribution in [0.2, 0.25) is 0 Å². The van der Waals surface area contributed by atoms with Gasteiger partial charge in [-0.05, 0) is 35.4 Å². The molecule has 0 amide bonds. The summed E-state index contributed by atoms with van der Waals surface area (Å²) < 4.78 is 102. The van der Waals surface area contributed by atoms with Crippen molar-refractivity contribution in [1.82, 2.24) is 10.6 Å². The maximum Gasteiger partial charge on any atom is 0.300 e. The van der Waals surface area contributed by atoms with Gasteiger partial charge in [-0.2, -0.15) is 0 Å². The number of aromatic hydroxyl groups is 4. The number of benzene rings is 2. The van der Waals surface area contributed by atoms with Gasteiger partial charge in [-0.25, -0.2) is 0 Å². The minimum atomic E-state index is -3.15. The molecule has 2 aromatic carbocycles. The number of nitrogens with one attached hydrogen (secondary N) is 2. The minimum Gasteiger partial charge on any atom is -0.508 e. The number of aliphatic carboxylic acids is 2. The van der Waals surface area contributed by atoms with Crippen LogP contribution in [0.25, 0.3) is 0 Å². The zero-order chi connectivity index (χ0) is 41.8. The summed E-state index contributed by atoms with van der Waals surface area (Å²) in [4.78, 5) is 18.0. The molecule has 13 heteroatoms. The summed E-state index contributed by atoms with van der Waals surface area (Å²) in [6.45, 7) is -11.6. The average Bonchev–Trinajstić information content (AvgIpc) is 2.90. The Bertz CT molecular complexity index is 1270. The zero-order valence-electron chi connectivity index (χ0n) is 34.9. The molecule has 0 bridgehead atoms. The third-order valence-electron chi connectivity index (χ3n) is 3.56. The highest BCUT2D eigenvalue weighted by Crippen LogP contribution is 2.25. The van der Waals surface area contributed by atoms with Crippen LogP contribution >= 0.6 is 0 Å². The van der Waals surface area contributed by atoms with E-state index >= 15 is 0 Å². The number of carbonyl (C=O) groups is 2. The van der Waals surface area contributed by atoms with Gasteiger partial charge in [0.15, 0.2) is 0 Å². The van der Waals surface area contributed by atoms with Gasteiger partial charge in [0.2, 0.25) is 0 Å². The Morgan fingerprint density at radius 3 is 1.13 bits per heavy atom. The summed E-state index contributed by atoms with van der Waals surface area (Å²) in [5, 5.41) is 76.1. The summed E-state index contributed by atoms with van der Waals surface area (Å²) in [6, 6.07) is 0.655. The Morgan fingerprint density at radius 1 is 0.692 bits per heavy atom. The number of hydrogen-bond acceptors (Lipinski definition) is 10. The molecule has 2 aromatic rings. The molecule has 39 heavy (non-hydrogen) atoms. The van der Waals surface area contributed by atoms with Gasteiger partial charge in [0.25, 0.3) is 11.9 Å². The Balaban J connectivity index is -0.000000771. The maximum absolute atomic E-state index is 9.93. The monoisotopic (exact) mass is 574 g/mol. The van der Waals surface area contributed by atoms with E-state index in [-0.39, 0.29) is 39.6 Å². The van der Waals surface area contributed by atoms with Crippen molar-refractivity contribution in [2.45, 2.75) is 65.5 Å². The smallest absolute Gasteiger partial charge is 0.300 e. The van der Waals surface area contributed by atoms with Crippen molar-refractivity contribution >= 4 is 11.9 Å². The van der Waals surface area contributed by atoms with Crippen LogP contribution in [0.5, 0.6) is 23.0 Å². The van der Waals surface area contributed by atoms with E-state index in [0.29, 0.717) is 0 Å². The number of hydrogen-bond donors (Lipinski definition) is 10. The van der Waals surface area contributed by atoms with Gasteiger partial charge in [0.05, 0.1) is 12.2 Å². The first kappa shape index (κ1) is 19.4. The Morgan fingerprint density at radius 2 is 0.923 bits per heavy atom. The molecule has 0 saturated carbocycles. The molecule has 2 atom stereocenters. The SMILES string of the molecule is CC(=O)O.CC(=O)O.O.[2H]C([2H])([2H])C([2H])(NCC(O)c1cc(O)cc(O)c1)C([2H])([2H])[2H].[2H]C([2H])([2H])C([2H])(NCC(O)c1cc(O)cc(O)c1)C([2H])([2H])[2H]. The van der Waals surface area contributed by atoms with Crippen molar-refractivity contribution in [3.05, 3.63) is 47.5 Å². The van der Waals surface area contributed by atoms with Crippen LogP contribution in [0.3, 0.4) is 0 Å². The third kappa shape index (κ3) is 24.5. The second-order valence-electron chi connectivity index (χ2n) is 7.15. The van der Waals surface area contributed by atoms with E-state index in [1.807, 2.05) is 10.6 Å². The lowest BCUT2D eigenvalue weighted by atomic mass is 10.1. The highest BCUT2D eigenvalue weighted by molar-refractivity contribution is 5.63. The van der Waals surface area contributed by atoms with Crippen LogP contribution in [-0.4, -0.2) is 83.4 Å². The molecule has 0 aliphatic rings. The van der Waals surface area contributed by atoms with Crippen molar-refractivity contribution in [2.75, 3.05) is 13.1 Å². The highest BCUT2D eigenvalue weighted by atomic mass is 16.4. The van der Waals surface area contributed by atoms with Crippen molar-refractivity contribution < 1.29 is 75.1 Å². The fraction of sp³-hybridized carbons (Fsp3) is 0.462. The van der Waals surface area contributed by atoms with Gasteiger partial charge >= 0.3 is 0 Å². The largest absolute Gasteiger partial charge is 0.508 e. The summed E-state index contributed by atoms with van der Waals surface area (Å²) >= 11 is 0. The molecule has 0 spiro atoms. The second kappa shape index (κ2) is 21.3. The fourth-order valence-electron chi connectivity index (χ4n) is 2.25. The number of carboxylic acid groups (broad SMARTS) is 2. The summed E-state index contributed by atoms with van der Waals surface area (Å²) in [5.74, 6) is -2.95. The van der Waals surface area contributed by atoms with Gasteiger partial charge in [0.1, 0.15) is 23.0 Å². The van der Waals surface area contributed by atoms with Gasteiger partial charge in [-0.3, -0.25) is 9.59 Å². The standard InChI is InChI=1S/2C11H17NO3.2C2H4O2.H2O/c2*1-7(2)12-6-11(15)8-3-9(13)5-10(14)4-8;2*1-2(3)4;/h2*3-5,7,11-15H,6H2,1-2H3;2*1H3,(H,3,4);1H2/i2*1D3,2D3,7D;;;. The normalized spacial score (nSPS) is 18.5. The van der Waals surface area contributed by atoms with Gasteiger partial charge in [0, 0.05) is 70.3 Å². The van der Waals surface area contributed by atoms with Crippen LogP contribution in [0.15, 0.2) is 36.4 Å². The number of aliphatic hydroxyl groups excluding tert-OH is 2. The number of aliphatic hydroxyl groups is 2. The first-order valence-electron chi connectivity index (χ1n) is 17.3. The van der Waals surface area contributed by atoms with Crippen LogP contribution in [0, 0.1) is 0 Å². The number of rotatable bonds is 8. The van der Waals surface area contributed by atoms with E-state index in [1.54, 1.807) is 0 Å². The fourth-order valence-corrected chi connectivity index (χ4v) is 2.25. The Labute approximate surface area is 248 Å². The van der Waals surface area contributed by atoms with Crippen molar-refractivity contribution in [3.63, 3.8) is 0 Å². The Kier molecular flexibility index (Phi) is 10.6. The van der Waals surface area contributed by atoms with Crippen molar-refractivity contribution in [1.29, 1.82) is 0 Å². The number of phenols is 4. The molecule has 0 heterocycles. The maximum atomic E-state index is 9.93. The molecular weight excluding hydrogens is 516 g/mol. The zero-order valence-corrected chi connectivity index (χ0v) is 20.9. The molecule has 0 aromatic heterocycles.